The molecule has 3 fully saturated rings. The molecule has 0 radical (unpaired) electrons. The minimum absolute atomic E-state index is 0.411. The number of hydrogen-bond donors (Lipinski definition) is 1. The van der Waals surface area contributed by atoms with E-state index in [2.05, 4.69) is 16.7 Å². The maximum Gasteiger partial charge on any atom is 0.0337 e. The van der Waals surface area contributed by atoms with Crippen molar-refractivity contribution >= 4 is 0 Å². The summed E-state index contributed by atoms with van der Waals surface area (Å²) in [5, 5.41) is 0. The lowest BCUT2D eigenvalue weighted by Gasteiger charge is -2.46. The zero-order valence-electron chi connectivity index (χ0n) is 9.78. The third kappa shape index (κ3) is 1.52. The fourth-order valence-electron chi connectivity index (χ4n) is 3.60. The highest BCUT2D eigenvalue weighted by molar-refractivity contribution is 5.09. The molecule has 3 aliphatic rings. The Morgan fingerprint density at radius 1 is 1.33 bits per heavy atom. The Labute approximate surface area is 92.6 Å². The summed E-state index contributed by atoms with van der Waals surface area (Å²) in [6.07, 6.45) is 5.48. The van der Waals surface area contributed by atoms with Crippen molar-refractivity contribution in [2.45, 2.75) is 50.2 Å². The van der Waals surface area contributed by atoms with Crippen molar-refractivity contribution < 1.29 is 0 Å². The van der Waals surface area contributed by atoms with Crippen LogP contribution in [0.15, 0.2) is 0 Å². The highest BCUT2D eigenvalue weighted by Crippen LogP contribution is 2.44. The fourth-order valence-corrected chi connectivity index (χ4v) is 3.60. The molecule has 3 nitrogen and oxygen atoms in total. The van der Waals surface area contributed by atoms with Gasteiger partial charge in [0.15, 0.2) is 0 Å². The van der Waals surface area contributed by atoms with Crippen molar-refractivity contribution in [3.63, 3.8) is 0 Å². The molecule has 2 heterocycles. The van der Waals surface area contributed by atoms with Gasteiger partial charge in [-0.25, -0.2) is 0 Å². The molecule has 0 spiro atoms. The summed E-state index contributed by atoms with van der Waals surface area (Å²) in [4.78, 5) is 5.41. The molecule has 2 atom stereocenters. The molecule has 3 rings (SSSR count). The Morgan fingerprint density at radius 3 is 2.80 bits per heavy atom. The molecule has 2 saturated heterocycles. The molecule has 0 aromatic heterocycles. The highest BCUT2D eigenvalue weighted by atomic mass is 15.4. The molecule has 3 heteroatoms. The predicted octanol–water partition coefficient (Wildman–Crippen LogP) is 0.646. The van der Waals surface area contributed by atoms with Crippen LogP contribution in [-0.4, -0.2) is 53.6 Å². The number of nitrogens with zero attached hydrogens (tertiary/aromatic N) is 2. The van der Waals surface area contributed by atoms with Gasteiger partial charge in [0.2, 0.25) is 0 Å². The molecule has 15 heavy (non-hydrogen) atoms. The monoisotopic (exact) mass is 209 g/mol. The van der Waals surface area contributed by atoms with Gasteiger partial charge in [-0.1, -0.05) is 0 Å². The Kier molecular flexibility index (Phi) is 2.31. The van der Waals surface area contributed by atoms with E-state index >= 15 is 0 Å². The first-order valence-electron chi connectivity index (χ1n) is 6.46. The quantitative estimate of drug-likeness (QED) is 0.724. The largest absolute Gasteiger partial charge is 0.329 e. The van der Waals surface area contributed by atoms with E-state index in [1.54, 1.807) is 0 Å². The molecule has 86 valence electrons. The minimum atomic E-state index is 0.411. The average Bonchev–Trinajstić information content (AvgIpc) is 2.91. The lowest BCUT2D eigenvalue weighted by atomic mass is 10.0. The number of piperazine rings is 1. The Hall–Kier alpha value is -0.120. The van der Waals surface area contributed by atoms with Crippen LogP contribution in [0, 0.1) is 0 Å². The number of rotatable bonds is 2. The SMILES string of the molecule is CC1CN2CCCC2CN1C1(CN)CC1. The summed E-state index contributed by atoms with van der Waals surface area (Å²) >= 11 is 0. The summed E-state index contributed by atoms with van der Waals surface area (Å²) in [5.41, 5.74) is 6.35. The van der Waals surface area contributed by atoms with Crippen LogP contribution in [0.5, 0.6) is 0 Å². The Morgan fingerprint density at radius 2 is 2.13 bits per heavy atom. The van der Waals surface area contributed by atoms with Crippen molar-refractivity contribution in [3.8, 4) is 0 Å². The maximum atomic E-state index is 5.94. The second-order valence-electron chi connectivity index (χ2n) is 5.72. The van der Waals surface area contributed by atoms with Gasteiger partial charge in [-0.3, -0.25) is 9.80 Å². The first-order valence-corrected chi connectivity index (χ1v) is 6.46. The molecule has 2 N–H and O–H groups in total. The average molecular weight is 209 g/mol. The van der Waals surface area contributed by atoms with E-state index in [1.165, 1.54) is 45.3 Å². The predicted molar refractivity (Wildman–Crippen MR) is 61.8 cm³/mol. The van der Waals surface area contributed by atoms with Gasteiger partial charge in [0, 0.05) is 37.3 Å². The smallest absolute Gasteiger partial charge is 0.0337 e. The van der Waals surface area contributed by atoms with Gasteiger partial charge in [-0.05, 0) is 39.2 Å². The van der Waals surface area contributed by atoms with E-state index in [0.717, 1.165) is 12.6 Å². The van der Waals surface area contributed by atoms with Crippen LogP contribution in [0.3, 0.4) is 0 Å². The van der Waals surface area contributed by atoms with Crippen LogP contribution in [0.1, 0.15) is 32.6 Å². The van der Waals surface area contributed by atoms with Gasteiger partial charge < -0.3 is 5.73 Å². The van der Waals surface area contributed by atoms with Crippen LogP contribution in [0.4, 0.5) is 0 Å². The standard InChI is InChI=1S/C12H23N3/c1-10-7-14-6-2-3-11(14)8-15(10)12(9-13)4-5-12/h10-11H,2-9,13H2,1H3. The first kappa shape index (κ1) is 10.1. The summed E-state index contributed by atoms with van der Waals surface area (Å²) < 4.78 is 0. The van der Waals surface area contributed by atoms with E-state index in [1.807, 2.05) is 0 Å². The Balaban J connectivity index is 1.74. The van der Waals surface area contributed by atoms with E-state index < -0.39 is 0 Å². The summed E-state index contributed by atoms with van der Waals surface area (Å²) in [6.45, 7) is 7.12. The molecular weight excluding hydrogens is 186 g/mol. The van der Waals surface area contributed by atoms with Crippen molar-refractivity contribution in [1.29, 1.82) is 0 Å². The third-order valence-corrected chi connectivity index (χ3v) is 4.75. The molecular formula is C12H23N3. The van der Waals surface area contributed by atoms with Crippen LogP contribution in [-0.2, 0) is 0 Å². The first-order chi connectivity index (χ1) is 7.25. The van der Waals surface area contributed by atoms with Gasteiger partial charge >= 0.3 is 0 Å². The van der Waals surface area contributed by atoms with Gasteiger partial charge in [0.1, 0.15) is 0 Å². The second-order valence-corrected chi connectivity index (χ2v) is 5.72. The Bertz CT molecular complexity index is 249. The van der Waals surface area contributed by atoms with Crippen molar-refractivity contribution in [1.82, 2.24) is 9.80 Å². The van der Waals surface area contributed by atoms with E-state index in [0.29, 0.717) is 11.6 Å². The molecule has 1 saturated carbocycles. The van der Waals surface area contributed by atoms with Crippen molar-refractivity contribution in [2.75, 3.05) is 26.2 Å². The van der Waals surface area contributed by atoms with Crippen molar-refractivity contribution in [3.05, 3.63) is 0 Å². The van der Waals surface area contributed by atoms with E-state index in [9.17, 15) is 0 Å². The maximum absolute atomic E-state index is 5.94. The van der Waals surface area contributed by atoms with E-state index in [-0.39, 0.29) is 0 Å². The third-order valence-electron chi connectivity index (χ3n) is 4.75. The van der Waals surface area contributed by atoms with Crippen LogP contribution in [0.2, 0.25) is 0 Å². The molecule has 2 aliphatic heterocycles. The molecule has 0 bridgehead atoms. The second kappa shape index (κ2) is 3.44. The van der Waals surface area contributed by atoms with Gasteiger partial charge in [-0.15, -0.1) is 0 Å². The minimum Gasteiger partial charge on any atom is -0.329 e. The lowest BCUT2D eigenvalue weighted by molar-refractivity contribution is 0.0207. The molecule has 0 aromatic carbocycles. The lowest BCUT2D eigenvalue weighted by Crippen LogP contribution is -2.60. The van der Waals surface area contributed by atoms with Crippen LogP contribution < -0.4 is 5.73 Å². The summed E-state index contributed by atoms with van der Waals surface area (Å²) in [6, 6.07) is 1.55. The number of fused-ring (bicyclic) bond motifs is 1. The molecule has 0 amide bonds. The summed E-state index contributed by atoms with van der Waals surface area (Å²) in [7, 11) is 0. The topological polar surface area (TPSA) is 32.5 Å². The normalized spacial score (nSPS) is 40.4. The number of nitrogens with two attached hydrogens (primary N) is 1. The summed E-state index contributed by atoms with van der Waals surface area (Å²) in [5.74, 6) is 0. The zero-order chi connectivity index (χ0) is 10.5. The fraction of sp³-hybridized carbons (Fsp3) is 1.00. The van der Waals surface area contributed by atoms with Crippen molar-refractivity contribution in [2.24, 2.45) is 5.73 Å². The van der Waals surface area contributed by atoms with Crippen LogP contribution >= 0.6 is 0 Å². The number of hydrogen-bond acceptors (Lipinski definition) is 3. The van der Waals surface area contributed by atoms with Gasteiger partial charge in [0.25, 0.3) is 0 Å². The highest BCUT2D eigenvalue weighted by Gasteiger charge is 2.51. The molecule has 0 aromatic rings. The van der Waals surface area contributed by atoms with Crippen LogP contribution in [0.25, 0.3) is 0 Å². The zero-order valence-corrected chi connectivity index (χ0v) is 9.78. The van der Waals surface area contributed by atoms with Gasteiger partial charge in [-0.2, -0.15) is 0 Å². The van der Waals surface area contributed by atoms with E-state index in [4.69, 9.17) is 5.73 Å². The molecule has 1 aliphatic carbocycles. The van der Waals surface area contributed by atoms with Gasteiger partial charge in [0.05, 0.1) is 0 Å². The molecule has 2 unspecified atom stereocenters.